The highest BCUT2D eigenvalue weighted by molar-refractivity contribution is 5.80. The average Bonchev–Trinajstić information content (AvgIpc) is 2.83. The fraction of sp³-hybridized carbons (Fsp3) is 0.429. The maximum Gasteiger partial charge on any atom is 0.331 e. The van der Waals surface area contributed by atoms with E-state index in [0.29, 0.717) is 18.7 Å². The van der Waals surface area contributed by atoms with Crippen LogP contribution in [0.15, 0.2) is 70.3 Å². The molecule has 0 amide bonds. The Bertz CT molecular complexity index is 1080. The summed E-state index contributed by atoms with van der Waals surface area (Å²) in [6, 6.07) is 19.7. The number of hydrogen-bond donors (Lipinski definition) is 0. The molecule has 0 unspecified atom stereocenters. The van der Waals surface area contributed by atoms with Crippen LogP contribution in [0.2, 0.25) is 0 Å². The second-order valence-electron chi connectivity index (χ2n) is 8.47. The largest absolute Gasteiger partial charge is 0.331 e. The van der Waals surface area contributed by atoms with Gasteiger partial charge in [-0.1, -0.05) is 113 Å². The van der Waals surface area contributed by atoms with Crippen molar-refractivity contribution in [1.29, 1.82) is 0 Å². The maximum absolute atomic E-state index is 13.7. The van der Waals surface area contributed by atoms with Gasteiger partial charge in [0.15, 0.2) is 0 Å². The van der Waals surface area contributed by atoms with Crippen LogP contribution < -0.4 is 11.2 Å². The zero-order valence-electron chi connectivity index (χ0n) is 19.6. The fourth-order valence-corrected chi connectivity index (χ4v) is 4.26. The number of nitrogens with zero attached hydrogens (tertiary/aromatic N) is 2. The van der Waals surface area contributed by atoms with Gasteiger partial charge in [-0.2, -0.15) is 0 Å². The number of hydrogen-bond acceptors (Lipinski definition) is 2. The molecule has 0 atom stereocenters. The predicted molar refractivity (Wildman–Crippen MR) is 134 cm³/mol. The topological polar surface area (TPSA) is 44.0 Å². The molecular weight excluding hydrogens is 396 g/mol. The third-order valence-corrected chi connectivity index (χ3v) is 6.01. The molecule has 0 saturated heterocycles. The molecule has 4 nitrogen and oxygen atoms in total. The van der Waals surface area contributed by atoms with Crippen molar-refractivity contribution in [3.05, 3.63) is 81.5 Å². The highest BCUT2D eigenvalue weighted by atomic mass is 16.2. The van der Waals surface area contributed by atoms with Gasteiger partial charge in [-0.25, -0.2) is 4.79 Å². The van der Waals surface area contributed by atoms with Crippen molar-refractivity contribution in [3.8, 4) is 22.4 Å². The highest BCUT2D eigenvalue weighted by Crippen LogP contribution is 2.29. The number of benzene rings is 2. The Morgan fingerprint density at radius 2 is 1.09 bits per heavy atom. The lowest BCUT2D eigenvalue weighted by Crippen LogP contribution is -2.42. The summed E-state index contributed by atoms with van der Waals surface area (Å²) < 4.78 is 3.33. The molecule has 0 radical (unpaired) electrons. The van der Waals surface area contributed by atoms with E-state index in [-0.39, 0.29) is 11.2 Å². The monoisotopic (exact) mass is 432 g/mol. The minimum absolute atomic E-state index is 0.179. The zero-order valence-corrected chi connectivity index (χ0v) is 19.6. The Balaban J connectivity index is 2.21. The van der Waals surface area contributed by atoms with Crippen LogP contribution in [0.3, 0.4) is 0 Å². The van der Waals surface area contributed by atoms with Crippen molar-refractivity contribution < 1.29 is 0 Å². The Hall–Kier alpha value is -2.88. The third kappa shape index (κ3) is 5.67. The van der Waals surface area contributed by atoms with Crippen molar-refractivity contribution in [2.75, 3.05) is 0 Å². The van der Waals surface area contributed by atoms with E-state index < -0.39 is 0 Å². The zero-order chi connectivity index (χ0) is 22.8. The summed E-state index contributed by atoms with van der Waals surface area (Å²) in [5.41, 5.74) is 2.79. The average molecular weight is 433 g/mol. The number of unbranched alkanes of at least 4 members (excludes halogenated alkanes) is 6. The number of rotatable bonds is 12. The van der Waals surface area contributed by atoms with E-state index in [4.69, 9.17) is 0 Å². The molecular formula is C28H36N2O2. The van der Waals surface area contributed by atoms with E-state index in [1.54, 1.807) is 0 Å². The molecule has 1 heterocycles. The van der Waals surface area contributed by atoms with Crippen LogP contribution in [0.1, 0.15) is 65.2 Å². The van der Waals surface area contributed by atoms with E-state index in [2.05, 4.69) is 13.8 Å². The standard InChI is InChI=1S/C28H36N2O2/c1-3-5-7-15-21-29-26(24-19-13-10-14-20-24)25(23-17-11-9-12-18-23)27(31)30(28(29)32)22-16-8-6-4-2/h9-14,17-20H,3-8,15-16,21-22H2,1-2H3. The lowest BCUT2D eigenvalue weighted by Gasteiger charge is -2.20. The van der Waals surface area contributed by atoms with Crippen molar-refractivity contribution in [1.82, 2.24) is 9.13 Å². The molecule has 0 aliphatic rings. The first-order valence-electron chi connectivity index (χ1n) is 12.2. The Morgan fingerprint density at radius 1 is 0.594 bits per heavy atom. The van der Waals surface area contributed by atoms with Crippen LogP contribution in [0.4, 0.5) is 0 Å². The first-order chi connectivity index (χ1) is 15.7. The molecule has 1 aromatic heterocycles. The summed E-state index contributed by atoms with van der Waals surface area (Å²) in [5, 5.41) is 0. The van der Waals surface area contributed by atoms with Crippen molar-refractivity contribution in [3.63, 3.8) is 0 Å². The van der Waals surface area contributed by atoms with Crippen LogP contribution in [0.5, 0.6) is 0 Å². The minimum atomic E-state index is -0.179. The lowest BCUT2D eigenvalue weighted by molar-refractivity contribution is 0.501. The van der Waals surface area contributed by atoms with Crippen LogP contribution in [-0.2, 0) is 13.1 Å². The molecule has 170 valence electrons. The van der Waals surface area contributed by atoms with Gasteiger partial charge in [0, 0.05) is 13.1 Å². The molecule has 0 bridgehead atoms. The Morgan fingerprint density at radius 3 is 1.62 bits per heavy atom. The van der Waals surface area contributed by atoms with Crippen LogP contribution >= 0.6 is 0 Å². The molecule has 0 spiro atoms. The van der Waals surface area contributed by atoms with Gasteiger partial charge in [0.05, 0.1) is 11.3 Å². The van der Waals surface area contributed by atoms with Crippen LogP contribution in [0, 0.1) is 0 Å². The fourth-order valence-electron chi connectivity index (χ4n) is 4.26. The number of aromatic nitrogens is 2. The molecule has 4 heteroatoms. The first-order valence-corrected chi connectivity index (χ1v) is 12.2. The molecule has 0 N–H and O–H groups in total. The minimum Gasteiger partial charge on any atom is -0.293 e. The summed E-state index contributed by atoms with van der Waals surface area (Å²) >= 11 is 0. The summed E-state index contributed by atoms with van der Waals surface area (Å²) in [6.45, 7) is 5.45. The second kappa shape index (κ2) is 12.2. The van der Waals surface area contributed by atoms with E-state index in [0.717, 1.165) is 68.2 Å². The highest BCUT2D eigenvalue weighted by Gasteiger charge is 2.21. The van der Waals surface area contributed by atoms with Gasteiger partial charge in [-0.15, -0.1) is 0 Å². The van der Waals surface area contributed by atoms with Gasteiger partial charge < -0.3 is 0 Å². The first kappa shape index (κ1) is 23.8. The molecule has 32 heavy (non-hydrogen) atoms. The van der Waals surface area contributed by atoms with Gasteiger partial charge in [-0.05, 0) is 24.0 Å². The van der Waals surface area contributed by atoms with Crippen LogP contribution in [0.25, 0.3) is 22.4 Å². The summed E-state index contributed by atoms with van der Waals surface area (Å²) in [7, 11) is 0. The van der Waals surface area contributed by atoms with Crippen molar-refractivity contribution in [2.24, 2.45) is 0 Å². The van der Waals surface area contributed by atoms with Gasteiger partial charge >= 0.3 is 5.69 Å². The second-order valence-corrected chi connectivity index (χ2v) is 8.47. The van der Waals surface area contributed by atoms with Gasteiger partial charge in [0.25, 0.3) is 5.56 Å². The molecule has 0 fully saturated rings. The summed E-state index contributed by atoms with van der Waals surface area (Å²) in [5.74, 6) is 0. The molecule has 0 aliphatic carbocycles. The van der Waals surface area contributed by atoms with E-state index in [9.17, 15) is 9.59 Å². The van der Waals surface area contributed by atoms with Crippen molar-refractivity contribution >= 4 is 0 Å². The normalized spacial score (nSPS) is 11.1. The molecule has 3 aromatic rings. The van der Waals surface area contributed by atoms with E-state index in [1.165, 1.54) is 4.57 Å². The quantitative estimate of drug-likeness (QED) is 0.306. The SMILES string of the molecule is CCCCCCn1c(-c2ccccc2)c(-c2ccccc2)c(=O)n(CCCCCC)c1=O. The molecule has 3 rings (SSSR count). The molecule has 0 saturated carbocycles. The predicted octanol–water partition coefficient (Wildman–Crippen LogP) is 6.50. The smallest absolute Gasteiger partial charge is 0.293 e. The summed E-state index contributed by atoms with van der Waals surface area (Å²) in [4.78, 5) is 27.3. The maximum atomic E-state index is 13.7. The Labute approximate surface area is 191 Å². The van der Waals surface area contributed by atoms with Gasteiger partial charge in [-0.3, -0.25) is 13.9 Å². The third-order valence-electron chi connectivity index (χ3n) is 6.01. The molecule has 2 aromatic carbocycles. The summed E-state index contributed by atoms with van der Waals surface area (Å²) in [6.07, 6.45) is 8.41. The van der Waals surface area contributed by atoms with Crippen molar-refractivity contribution in [2.45, 2.75) is 78.3 Å². The lowest BCUT2D eigenvalue weighted by atomic mass is 9.99. The van der Waals surface area contributed by atoms with E-state index in [1.807, 2.05) is 65.2 Å². The van der Waals surface area contributed by atoms with E-state index >= 15 is 0 Å². The Kier molecular flexibility index (Phi) is 9.09. The van der Waals surface area contributed by atoms with Gasteiger partial charge in [0.1, 0.15) is 0 Å². The van der Waals surface area contributed by atoms with Gasteiger partial charge in [0.2, 0.25) is 0 Å². The molecule has 0 aliphatic heterocycles. The van der Waals surface area contributed by atoms with Crippen LogP contribution in [-0.4, -0.2) is 9.13 Å².